The van der Waals surface area contributed by atoms with Crippen molar-refractivity contribution in [3.05, 3.63) is 42.6 Å². The van der Waals surface area contributed by atoms with Crippen molar-refractivity contribution in [2.75, 3.05) is 50.7 Å². The van der Waals surface area contributed by atoms with Gasteiger partial charge in [0.2, 0.25) is 5.91 Å². The number of aromatic nitrogens is 1. The molecule has 0 spiro atoms. The molecule has 3 rings (SSSR count). The second-order valence-corrected chi connectivity index (χ2v) is 7.48. The molecule has 0 unspecified atom stereocenters. The van der Waals surface area contributed by atoms with E-state index in [0.717, 1.165) is 10.7 Å². The van der Waals surface area contributed by atoms with E-state index < -0.39 is 18.4 Å². The van der Waals surface area contributed by atoms with E-state index in [1.807, 2.05) is 0 Å². The molecule has 0 aliphatic carbocycles. The Labute approximate surface area is 188 Å². The molecule has 1 aliphatic heterocycles. The lowest BCUT2D eigenvalue weighted by molar-refractivity contribution is -0.274. The van der Waals surface area contributed by atoms with Crippen LogP contribution in [0.15, 0.2) is 42.6 Å². The molecule has 33 heavy (non-hydrogen) atoms. The number of pyridine rings is 1. The van der Waals surface area contributed by atoms with Crippen molar-refractivity contribution in [2.45, 2.75) is 6.36 Å². The van der Waals surface area contributed by atoms with E-state index in [-0.39, 0.29) is 18.8 Å². The molecule has 12 heteroatoms. The molecule has 1 aromatic carbocycles. The predicted octanol–water partition coefficient (Wildman–Crippen LogP) is 2.23. The van der Waals surface area contributed by atoms with Crippen LogP contribution < -0.4 is 15.4 Å². The van der Waals surface area contributed by atoms with Gasteiger partial charge in [-0.15, -0.1) is 13.2 Å². The summed E-state index contributed by atoms with van der Waals surface area (Å²) in [6, 6.07) is 9.30. The molecule has 9 nitrogen and oxygen atoms in total. The van der Waals surface area contributed by atoms with Crippen LogP contribution in [0, 0.1) is 0 Å². The number of halogens is 3. The first-order chi connectivity index (χ1) is 15.6. The molecule has 0 atom stereocenters. The average Bonchev–Trinajstić information content (AvgIpc) is 2.76. The predicted molar refractivity (Wildman–Crippen MR) is 114 cm³/mol. The first-order valence-corrected chi connectivity index (χ1v) is 10.2. The van der Waals surface area contributed by atoms with Crippen LogP contribution in [-0.2, 0) is 4.79 Å². The van der Waals surface area contributed by atoms with E-state index >= 15 is 0 Å². The standard InChI is InChI=1S/C21H24F3N5O4/c22-21(23,24)33-17-3-1-2-15(12-17)16-4-5-19(26-13-16)28-9-6-27(7-10-28)8-11-29(20(31)32)14-18(25)30/h1-5,12-13H,6-11,14H2,(H2,25,30)(H,31,32). The van der Waals surface area contributed by atoms with E-state index in [1.54, 1.807) is 24.4 Å². The quantitative estimate of drug-likeness (QED) is 0.612. The fraction of sp³-hybridized carbons (Fsp3) is 0.381. The fourth-order valence-corrected chi connectivity index (χ4v) is 3.51. The molecular weight excluding hydrogens is 443 g/mol. The number of nitrogens with two attached hydrogens (primary N) is 1. The van der Waals surface area contributed by atoms with Crippen LogP contribution in [0.3, 0.4) is 0 Å². The zero-order valence-corrected chi connectivity index (χ0v) is 17.7. The lowest BCUT2D eigenvalue weighted by Crippen LogP contribution is -2.49. The number of carbonyl (C=O) groups is 2. The Hall–Kier alpha value is -3.54. The Morgan fingerprint density at radius 2 is 1.85 bits per heavy atom. The number of hydrogen-bond acceptors (Lipinski definition) is 6. The number of alkyl halides is 3. The minimum Gasteiger partial charge on any atom is -0.465 e. The normalized spacial score (nSPS) is 14.7. The molecule has 1 aliphatic rings. The molecule has 1 aromatic heterocycles. The van der Waals surface area contributed by atoms with Gasteiger partial charge in [-0.1, -0.05) is 12.1 Å². The Morgan fingerprint density at radius 1 is 1.12 bits per heavy atom. The molecule has 1 fully saturated rings. The lowest BCUT2D eigenvalue weighted by atomic mass is 10.1. The van der Waals surface area contributed by atoms with E-state index in [4.69, 9.17) is 10.8 Å². The smallest absolute Gasteiger partial charge is 0.465 e. The summed E-state index contributed by atoms with van der Waals surface area (Å²) in [5, 5.41) is 9.14. The summed E-state index contributed by atoms with van der Waals surface area (Å²) in [6.07, 6.45) is -4.34. The molecular formula is C21H24F3N5O4. The van der Waals surface area contributed by atoms with Crippen molar-refractivity contribution < 1.29 is 32.6 Å². The Morgan fingerprint density at radius 3 is 2.42 bits per heavy atom. The van der Waals surface area contributed by atoms with Gasteiger partial charge in [0.1, 0.15) is 18.1 Å². The number of carbonyl (C=O) groups excluding carboxylic acids is 1. The third-order valence-electron chi connectivity index (χ3n) is 5.15. The number of rotatable bonds is 8. The molecule has 2 aromatic rings. The molecule has 1 saturated heterocycles. The van der Waals surface area contributed by atoms with Gasteiger partial charge in [0, 0.05) is 51.0 Å². The molecule has 0 radical (unpaired) electrons. The highest BCUT2D eigenvalue weighted by molar-refractivity contribution is 5.80. The number of nitrogens with zero attached hydrogens (tertiary/aromatic N) is 4. The van der Waals surface area contributed by atoms with Crippen molar-refractivity contribution in [1.29, 1.82) is 0 Å². The van der Waals surface area contributed by atoms with Gasteiger partial charge in [-0.25, -0.2) is 9.78 Å². The van der Waals surface area contributed by atoms with Crippen molar-refractivity contribution in [1.82, 2.24) is 14.8 Å². The van der Waals surface area contributed by atoms with Gasteiger partial charge in [0.05, 0.1) is 0 Å². The summed E-state index contributed by atoms with van der Waals surface area (Å²) in [5.41, 5.74) is 6.29. The zero-order chi connectivity index (χ0) is 24.0. The summed E-state index contributed by atoms with van der Waals surface area (Å²) >= 11 is 0. The Kier molecular flexibility index (Phi) is 7.59. The van der Waals surface area contributed by atoms with Gasteiger partial charge < -0.3 is 20.5 Å². The summed E-state index contributed by atoms with van der Waals surface area (Å²) in [6.45, 7) is 3.04. The highest BCUT2D eigenvalue weighted by atomic mass is 19.4. The van der Waals surface area contributed by atoms with Crippen molar-refractivity contribution in [3.8, 4) is 16.9 Å². The van der Waals surface area contributed by atoms with Crippen LogP contribution >= 0.6 is 0 Å². The third-order valence-corrected chi connectivity index (χ3v) is 5.15. The second kappa shape index (κ2) is 10.4. The molecule has 3 N–H and O–H groups in total. The minimum atomic E-state index is -4.75. The van der Waals surface area contributed by atoms with Gasteiger partial charge >= 0.3 is 12.5 Å². The van der Waals surface area contributed by atoms with Gasteiger partial charge in [0.25, 0.3) is 0 Å². The first-order valence-electron chi connectivity index (χ1n) is 10.2. The zero-order valence-electron chi connectivity index (χ0n) is 17.7. The third kappa shape index (κ3) is 7.24. The van der Waals surface area contributed by atoms with E-state index in [0.29, 0.717) is 43.9 Å². The first kappa shape index (κ1) is 24.1. The maximum atomic E-state index is 12.4. The second-order valence-electron chi connectivity index (χ2n) is 7.48. The monoisotopic (exact) mass is 467 g/mol. The van der Waals surface area contributed by atoms with E-state index in [9.17, 15) is 22.8 Å². The molecule has 2 amide bonds. The van der Waals surface area contributed by atoms with Gasteiger partial charge in [0.15, 0.2) is 0 Å². The number of amides is 2. The van der Waals surface area contributed by atoms with Crippen molar-refractivity contribution >= 4 is 17.8 Å². The van der Waals surface area contributed by atoms with Gasteiger partial charge in [-0.2, -0.15) is 0 Å². The van der Waals surface area contributed by atoms with Crippen LogP contribution in [0.1, 0.15) is 0 Å². The lowest BCUT2D eigenvalue weighted by Gasteiger charge is -2.36. The molecule has 2 heterocycles. The van der Waals surface area contributed by atoms with Gasteiger partial charge in [-0.3, -0.25) is 14.6 Å². The Balaban J connectivity index is 1.54. The highest BCUT2D eigenvalue weighted by Crippen LogP contribution is 2.28. The highest BCUT2D eigenvalue weighted by Gasteiger charge is 2.31. The molecule has 178 valence electrons. The van der Waals surface area contributed by atoms with Crippen molar-refractivity contribution in [3.63, 3.8) is 0 Å². The maximum absolute atomic E-state index is 12.4. The number of hydrogen-bond donors (Lipinski definition) is 2. The minimum absolute atomic E-state index is 0.183. The molecule has 0 bridgehead atoms. The number of benzene rings is 1. The van der Waals surface area contributed by atoms with Crippen LogP contribution in [0.2, 0.25) is 0 Å². The summed E-state index contributed by atoms with van der Waals surface area (Å²) in [4.78, 5) is 31.8. The van der Waals surface area contributed by atoms with Crippen LogP contribution in [0.25, 0.3) is 11.1 Å². The van der Waals surface area contributed by atoms with Crippen LogP contribution in [0.5, 0.6) is 5.75 Å². The number of piperazine rings is 1. The van der Waals surface area contributed by atoms with E-state index in [2.05, 4.69) is 19.5 Å². The summed E-state index contributed by atoms with van der Waals surface area (Å²) in [5.74, 6) is -0.254. The average molecular weight is 467 g/mol. The topological polar surface area (TPSA) is 112 Å². The van der Waals surface area contributed by atoms with Crippen LogP contribution in [-0.4, -0.2) is 84.1 Å². The molecule has 0 saturated carbocycles. The van der Waals surface area contributed by atoms with Gasteiger partial charge in [-0.05, 0) is 29.8 Å². The SMILES string of the molecule is NC(=O)CN(CCN1CCN(c2ccc(-c3cccc(OC(F)(F)F)c3)cn2)CC1)C(=O)O. The maximum Gasteiger partial charge on any atom is 0.573 e. The number of primary amides is 1. The van der Waals surface area contributed by atoms with Crippen LogP contribution in [0.4, 0.5) is 23.8 Å². The Bertz CT molecular complexity index is 963. The number of carboxylic acid groups (broad SMARTS) is 1. The van der Waals surface area contributed by atoms with E-state index in [1.165, 1.54) is 18.2 Å². The van der Waals surface area contributed by atoms with Crippen molar-refractivity contribution in [2.24, 2.45) is 5.73 Å². The largest absolute Gasteiger partial charge is 0.573 e. The summed E-state index contributed by atoms with van der Waals surface area (Å²) in [7, 11) is 0. The number of anilines is 1. The summed E-state index contributed by atoms with van der Waals surface area (Å²) < 4.78 is 41.3. The number of ether oxygens (including phenoxy) is 1. The fourth-order valence-electron chi connectivity index (χ4n) is 3.51.